The van der Waals surface area contributed by atoms with Gasteiger partial charge in [0.15, 0.2) is 0 Å². The number of piperidine rings is 1. The molecule has 0 spiro atoms. The van der Waals surface area contributed by atoms with Gasteiger partial charge in [0, 0.05) is 24.6 Å². The van der Waals surface area contributed by atoms with Gasteiger partial charge in [0.25, 0.3) is 0 Å². The number of amides is 1. The Balaban J connectivity index is 1.62. The molecule has 1 amide bonds. The Kier molecular flexibility index (Phi) is 6.33. The number of para-hydroxylation sites is 1. The highest BCUT2D eigenvalue weighted by Gasteiger charge is 2.26. The van der Waals surface area contributed by atoms with Crippen LogP contribution in [0.15, 0.2) is 30.3 Å². The lowest BCUT2D eigenvalue weighted by atomic mass is 9.95. The van der Waals surface area contributed by atoms with E-state index < -0.39 is 0 Å². The average Bonchev–Trinajstić information content (AvgIpc) is 2.95. The lowest BCUT2D eigenvalue weighted by molar-refractivity contribution is -0.126. The maximum Gasteiger partial charge on any atom is 0.223 e. The zero-order chi connectivity index (χ0) is 18.5. The number of aromatic nitrogens is 2. The van der Waals surface area contributed by atoms with Gasteiger partial charge in [0.2, 0.25) is 5.91 Å². The summed E-state index contributed by atoms with van der Waals surface area (Å²) in [5, 5.41) is 8.31. The molecule has 0 radical (unpaired) electrons. The molecule has 0 unspecified atom stereocenters. The summed E-state index contributed by atoms with van der Waals surface area (Å²) >= 11 is 6.63. The van der Waals surface area contributed by atoms with E-state index in [-0.39, 0.29) is 11.8 Å². The Hall–Kier alpha value is -1.85. The van der Waals surface area contributed by atoms with Crippen molar-refractivity contribution < 1.29 is 4.79 Å². The molecular weight excluding hydrogens is 348 g/mol. The fraction of sp³-hybridized carbons (Fsp3) is 0.500. The van der Waals surface area contributed by atoms with E-state index in [0.717, 1.165) is 62.4 Å². The molecule has 26 heavy (non-hydrogen) atoms. The summed E-state index contributed by atoms with van der Waals surface area (Å²) < 4.78 is 1.80. The SMILES string of the molecule is CCCNC(=O)C1CCN(Cc2c(C)nn(-c3ccccc3)c2Cl)CC1. The molecule has 1 N–H and O–H groups in total. The number of hydrogen-bond donors (Lipinski definition) is 1. The molecule has 140 valence electrons. The Morgan fingerprint density at radius 1 is 1.27 bits per heavy atom. The largest absolute Gasteiger partial charge is 0.356 e. The van der Waals surface area contributed by atoms with Crippen LogP contribution in [0.2, 0.25) is 5.15 Å². The summed E-state index contributed by atoms with van der Waals surface area (Å²) in [6.45, 7) is 7.45. The topological polar surface area (TPSA) is 50.2 Å². The summed E-state index contributed by atoms with van der Waals surface area (Å²) in [6, 6.07) is 9.95. The van der Waals surface area contributed by atoms with Crippen molar-refractivity contribution in [3.8, 4) is 5.69 Å². The molecule has 1 fully saturated rings. The zero-order valence-corrected chi connectivity index (χ0v) is 16.3. The highest BCUT2D eigenvalue weighted by atomic mass is 35.5. The minimum absolute atomic E-state index is 0.140. The van der Waals surface area contributed by atoms with E-state index in [1.54, 1.807) is 4.68 Å². The van der Waals surface area contributed by atoms with Crippen molar-refractivity contribution in [1.82, 2.24) is 20.0 Å². The van der Waals surface area contributed by atoms with Crippen molar-refractivity contribution in [3.63, 3.8) is 0 Å². The van der Waals surface area contributed by atoms with Crippen LogP contribution in [0.1, 0.15) is 37.4 Å². The van der Waals surface area contributed by atoms with Crippen molar-refractivity contribution in [3.05, 3.63) is 46.7 Å². The van der Waals surface area contributed by atoms with Crippen molar-refractivity contribution in [1.29, 1.82) is 0 Å². The van der Waals surface area contributed by atoms with Gasteiger partial charge in [0.05, 0.1) is 11.4 Å². The van der Waals surface area contributed by atoms with Gasteiger partial charge >= 0.3 is 0 Å². The molecule has 1 saturated heterocycles. The van der Waals surface area contributed by atoms with Crippen LogP contribution in [0.5, 0.6) is 0 Å². The molecule has 0 aliphatic carbocycles. The van der Waals surface area contributed by atoms with Gasteiger partial charge in [-0.25, -0.2) is 4.68 Å². The Bertz CT molecular complexity index is 736. The molecule has 3 rings (SSSR count). The minimum Gasteiger partial charge on any atom is -0.356 e. The second-order valence-corrected chi connectivity index (χ2v) is 7.30. The molecule has 1 aliphatic rings. The summed E-state index contributed by atoms with van der Waals surface area (Å²) in [7, 11) is 0. The van der Waals surface area contributed by atoms with E-state index in [9.17, 15) is 4.79 Å². The number of halogens is 1. The second-order valence-electron chi connectivity index (χ2n) is 6.94. The number of nitrogens with zero attached hydrogens (tertiary/aromatic N) is 3. The van der Waals surface area contributed by atoms with Crippen LogP contribution in [0, 0.1) is 12.8 Å². The van der Waals surface area contributed by atoms with Crippen LogP contribution in [-0.4, -0.2) is 40.2 Å². The molecule has 0 atom stereocenters. The van der Waals surface area contributed by atoms with Crippen LogP contribution in [0.4, 0.5) is 0 Å². The van der Waals surface area contributed by atoms with Gasteiger partial charge in [-0.1, -0.05) is 36.7 Å². The van der Waals surface area contributed by atoms with Gasteiger partial charge in [0.1, 0.15) is 5.15 Å². The first-order chi connectivity index (χ1) is 12.6. The Morgan fingerprint density at radius 3 is 2.62 bits per heavy atom. The third kappa shape index (κ3) is 4.27. The Labute approximate surface area is 160 Å². The normalized spacial score (nSPS) is 16.0. The lowest BCUT2D eigenvalue weighted by Crippen LogP contribution is -2.40. The molecule has 1 aliphatic heterocycles. The number of hydrogen-bond acceptors (Lipinski definition) is 3. The van der Waals surface area contributed by atoms with Crippen LogP contribution < -0.4 is 5.32 Å². The van der Waals surface area contributed by atoms with E-state index in [0.29, 0.717) is 5.15 Å². The number of carbonyl (C=O) groups is 1. The van der Waals surface area contributed by atoms with E-state index in [1.807, 2.05) is 37.3 Å². The monoisotopic (exact) mass is 374 g/mol. The van der Waals surface area contributed by atoms with E-state index in [2.05, 4.69) is 22.2 Å². The zero-order valence-electron chi connectivity index (χ0n) is 15.5. The van der Waals surface area contributed by atoms with Crippen molar-refractivity contribution in [2.24, 2.45) is 5.92 Å². The lowest BCUT2D eigenvalue weighted by Gasteiger charge is -2.31. The number of aryl methyl sites for hydroxylation is 1. The van der Waals surface area contributed by atoms with E-state index in [4.69, 9.17) is 11.6 Å². The standard InChI is InChI=1S/C20H27ClN4O/c1-3-11-22-20(26)16-9-12-24(13-10-16)14-18-15(2)23-25(19(18)21)17-7-5-4-6-8-17/h4-8,16H,3,9-14H2,1-2H3,(H,22,26). The molecule has 2 heterocycles. The van der Waals surface area contributed by atoms with Gasteiger partial charge in [-0.2, -0.15) is 5.10 Å². The molecule has 2 aromatic rings. The number of benzene rings is 1. The second kappa shape index (κ2) is 8.69. The number of carbonyl (C=O) groups excluding carboxylic acids is 1. The van der Waals surface area contributed by atoms with Crippen LogP contribution >= 0.6 is 11.6 Å². The first kappa shape index (κ1) is 18.9. The fourth-order valence-corrected chi connectivity index (χ4v) is 3.75. The molecular formula is C20H27ClN4O. The third-order valence-electron chi connectivity index (χ3n) is 5.01. The van der Waals surface area contributed by atoms with Crippen LogP contribution in [-0.2, 0) is 11.3 Å². The van der Waals surface area contributed by atoms with Crippen molar-refractivity contribution >= 4 is 17.5 Å². The van der Waals surface area contributed by atoms with Gasteiger partial charge in [-0.05, 0) is 51.4 Å². The number of likely N-dealkylation sites (tertiary alicyclic amines) is 1. The van der Waals surface area contributed by atoms with Gasteiger partial charge < -0.3 is 5.32 Å². The van der Waals surface area contributed by atoms with Gasteiger partial charge in [-0.3, -0.25) is 9.69 Å². The highest BCUT2D eigenvalue weighted by molar-refractivity contribution is 6.30. The fourth-order valence-electron chi connectivity index (χ4n) is 3.42. The molecule has 6 heteroatoms. The molecule has 1 aromatic heterocycles. The van der Waals surface area contributed by atoms with Crippen molar-refractivity contribution in [2.45, 2.75) is 39.7 Å². The quantitative estimate of drug-likeness (QED) is 0.840. The first-order valence-corrected chi connectivity index (χ1v) is 9.77. The molecule has 0 saturated carbocycles. The predicted octanol–water partition coefficient (Wildman–Crippen LogP) is 3.57. The van der Waals surface area contributed by atoms with Gasteiger partial charge in [-0.15, -0.1) is 0 Å². The number of rotatable bonds is 6. The number of nitrogens with one attached hydrogen (secondary N) is 1. The summed E-state index contributed by atoms with van der Waals surface area (Å²) in [6.07, 6.45) is 2.78. The van der Waals surface area contributed by atoms with E-state index >= 15 is 0 Å². The smallest absolute Gasteiger partial charge is 0.223 e. The summed E-state index contributed by atoms with van der Waals surface area (Å²) in [4.78, 5) is 14.5. The maximum atomic E-state index is 12.1. The minimum atomic E-state index is 0.140. The van der Waals surface area contributed by atoms with E-state index in [1.165, 1.54) is 0 Å². The average molecular weight is 375 g/mol. The first-order valence-electron chi connectivity index (χ1n) is 9.39. The van der Waals surface area contributed by atoms with Crippen LogP contribution in [0.25, 0.3) is 5.69 Å². The van der Waals surface area contributed by atoms with Crippen molar-refractivity contribution in [2.75, 3.05) is 19.6 Å². The third-order valence-corrected chi connectivity index (χ3v) is 5.40. The molecule has 5 nitrogen and oxygen atoms in total. The molecule has 0 bridgehead atoms. The summed E-state index contributed by atoms with van der Waals surface area (Å²) in [5.41, 5.74) is 3.00. The van der Waals surface area contributed by atoms with Crippen LogP contribution in [0.3, 0.4) is 0 Å². The molecule has 1 aromatic carbocycles. The predicted molar refractivity (Wildman–Crippen MR) is 105 cm³/mol. The summed E-state index contributed by atoms with van der Waals surface area (Å²) in [5.74, 6) is 0.346. The maximum absolute atomic E-state index is 12.1. The highest BCUT2D eigenvalue weighted by Crippen LogP contribution is 2.27. The Morgan fingerprint density at radius 2 is 1.96 bits per heavy atom.